The van der Waals surface area contributed by atoms with Crippen LogP contribution in [0.1, 0.15) is 18.4 Å². The average Bonchev–Trinajstić information content (AvgIpc) is 2.94. The Morgan fingerprint density at radius 2 is 2.21 bits per heavy atom. The van der Waals surface area contributed by atoms with E-state index in [2.05, 4.69) is 33.9 Å². The van der Waals surface area contributed by atoms with E-state index >= 15 is 0 Å². The van der Waals surface area contributed by atoms with E-state index in [1.165, 1.54) is 18.4 Å². The summed E-state index contributed by atoms with van der Waals surface area (Å²) in [4.78, 5) is 4.43. The number of hydrogen-bond acceptors (Lipinski definition) is 1. The zero-order valence-corrected chi connectivity index (χ0v) is 9.71. The monoisotopic (exact) mass is 252 g/mol. The fourth-order valence-corrected chi connectivity index (χ4v) is 1.65. The minimum absolute atomic E-state index is 0.530. The highest BCUT2D eigenvalue weighted by Crippen LogP contribution is 2.32. The number of nitrogens with zero attached hydrogens (tertiary/aromatic N) is 1. The minimum Gasteiger partial charge on any atom is -0.387 e. The van der Waals surface area contributed by atoms with E-state index in [9.17, 15) is 0 Å². The molecule has 0 amide bonds. The second-order valence-corrected chi connectivity index (χ2v) is 4.62. The molecule has 1 aromatic rings. The number of aliphatic imine (C=N–C) groups is 1. The van der Waals surface area contributed by atoms with Crippen molar-refractivity contribution < 1.29 is 0 Å². The van der Waals surface area contributed by atoms with E-state index in [-0.39, 0.29) is 0 Å². The normalized spacial score (nSPS) is 17.1. The van der Waals surface area contributed by atoms with E-state index < -0.39 is 0 Å². The zero-order chi connectivity index (χ0) is 10.1. The first-order chi connectivity index (χ1) is 6.66. The van der Waals surface area contributed by atoms with Crippen molar-refractivity contribution in [3.05, 3.63) is 28.2 Å². The maximum Gasteiger partial charge on any atom is 0.103 e. The first-order valence-corrected chi connectivity index (χ1v) is 5.56. The summed E-state index contributed by atoms with van der Waals surface area (Å²) in [5.41, 5.74) is 8.00. The number of hydrogen-bond donors (Lipinski definition) is 1. The van der Waals surface area contributed by atoms with Gasteiger partial charge in [0.2, 0.25) is 0 Å². The van der Waals surface area contributed by atoms with Crippen molar-refractivity contribution >= 4 is 27.5 Å². The van der Waals surface area contributed by atoms with Crippen molar-refractivity contribution in [2.24, 2.45) is 16.6 Å². The van der Waals surface area contributed by atoms with Crippen LogP contribution in [0.15, 0.2) is 27.7 Å². The first-order valence-electron chi connectivity index (χ1n) is 4.77. The van der Waals surface area contributed by atoms with Crippen molar-refractivity contribution in [2.75, 3.05) is 0 Å². The Labute approximate surface area is 92.4 Å². The Morgan fingerprint density at radius 3 is 2.86 bits per heavy atom. The Kier molecular flexibility index (Phi) is 2.59. The molecule has 1 aromatic carbocycles. The number of benzene rings is 1. The number of amidine groups is 1. The molecule has 0 spiro atoms. The lowest BCUT2D eigenvalue weighted by atomic mass is 10.2. The van der Waals surface area contributed by atoms with Crippen LogP contribution < -0.4 is 5.73 Å². The summed E-state index contributed by atoms with van der Waals surface area (Å²) in [5.74, 6) is 1.30. The highest BCUT2D eigenvalue weighted by molar-refractivity contribution is 9.10. The summed E-state index contributed by atoms with van der Waals surface area (Å²) < 4.78 is 1.01. The molecule has 0 radical (unpaired) electrons. The van der Waals surface area contributed by atoms with Gasteiger partial charge in [-0.05, 0) is 53.4 Å². The molecule has 14 heavy (non-hydrogen) atoms. The minimum atomic E-state index is 0.530. The number of aryl methyl sites for hydroxylation is 1. The third kappa shape index (κ3) is 2.15. The van der Waals surface area contributed by atoms with Crippen LogP contribution in [-0.2, 0) is 0 Å². The van der Waals surface area contributed by atoms with Gasteiger partial charge in [-0.3, -0.25) is 0 Å². The van der Waals surface area contributed by atoms with Gasteiger partial charge in [0.05, 0.1) is 5.69 Å². The largest absolute Gasteiger partial charge is 0.387 e. The van der Waals surface area contributed by atoms with Gasteiger partial charge in [0, 0.05) is 10.4 Å². The van der Waals surface area contributed by atoms with Gasteiger partial charge in [0.15, 0.2) is 0 Å². The Morgan fingerprint density at radius 1 is 1.50 bits per heavy atom. The Bertz CT molecular complexity index is 381. The molecule has 2 N–H and O–H groups in total. The molecule has 1 saturated carbocycles. The predicted octanol–water partition coefficient (Wildman–Crippen LogP) is 3.16. The van der Waals surface area contributed by atoms with Gasteiger partial charge in [0.25, 0.3) is 0 Å². The van der Waals surface area contributed by atoms with Gasteiger partial charge in [-0.25, -0.2) is 4.99 Å². The highest BCUT2D eigenvalue weighted by Gasteiger charge is 2.25. The van der Waals surface area contributed by atoms with Gasteiger partial charge in [-0.1, -0.05) is 6.07 Å². The second-order valence-electron chi connectivity index (χ2n) is 3.77. The summed E-state index contributed by atoms with van der Waals surface area (Å²) in [6.07, 6.45) is 2.39. The number of rotatable bonds is 2. The Hall–Kier alpha value is -0.830. The molecule has 1 aliphatic rings. The molecule has 0 bridgehead atoms. The molecule has 74 valence electrons. The van der Waals surface area contributed by atoms with Crippen LogP contribution in [0.5, 0.6) is 0 Å². The summed E-state index contributed by atoms with van der Waals surface area (Å²) >= 11 is 3.47. The summed E-state index contributed by atoms with van der Waals surface area (Å²) in [5, 5.41) is 0. The van der Waals surface area contributed by atoms with Crippen LogP contribution >= 0.6 is 15.9 Å². The second kappa shape index (κ2) is 3.73. The standard InChI is InChI=1S/C11H13BrN2/c1-7-2-5-9(12)10(6-7)14-11(13)8-3-4-8/h2,5-6,8H,3-4H2,1H3,(H2,13,14). The van der Waals surface area contributed by atoms with Gasteiger partial charge < -0.3 is 5.73 Å². The topological polar surface area (TPSA) is 38.4 Å². The molecule has 0 heterocycles. The van der Waals surface area contributed by atoms with Gasteiger partial charge >= 0.3 is 0 Å². The van der Waals surface area contributed by atoms with Gasteiger partial charge in [-0.15, -0.1) is 0 Å². The van der Waals surface area contributed by atoms with Gasteiger partial charge in [-0.2, -0.15) is 0 Å². The van der Waals surface area contributed by atoms with Crippen LogP contribution in [0.4, 0.5) is 5.69 Å². The molecule has 1 fully saturated rings. The molecule has 0 aliphatic heterocycles. The van der Waals surface area contributed by atoms with Crippen molar-refractivity contribution in [3.63, 3.8) is 0 Å². The van der Waals surface area contributed by atoms with Crippen LogP contribution in [0, 0.1) is 12.8 Å². The maximum atomic E-state index is 5.86. The highest BCUT2D eigenvalue weighted by atomic mass is 79.9. The molecule has 0 saturated heterocycles. The van der Waals surface area contributed by atoms with E-state index in [0.717, 1.165) is 16.0 Å². The molecule has 2 rings (SSSR count). The molecule has 0 atom stereocenters. The lowest BCUT2D eigenvalue weighted by Gasteiger charge is -2.02. The van der Waals surface area contributed by atoms with Crippen molar-refractivity contribution in [3.8, 4) is 0 Å². The third-order valence-corrected chi connectivity index (χ3v) is 3.02. The van der Waals surface area contributed by atoms with E-state index in [4.69, 9.17) is 5.73 Å². The smallest absolute Gasteiger partial charge is 0.103 e. The molecular weight excluding hydrogens is 240 g/mol. The zero-order valence-electron chi connectivity index (χ0n) is 8.13. The van der Waals surface area contributed by atoms with Crippen LogP contribution in [0.3, 0.4) is 0 Å². The molecular formula is C11H13BrN2. The molecule has 0 unspecified atom stereocenters. The number of halogens is 1. The summed E-state index contributed by atoms with van der Waals surface area (Å²) in [7, 11) is 0. The molecule has 2 nitrogen and oxygen atoms in total. The maximum absolute atomic E-state index is 5.86. The SMILES string of the molecule is Cc1ccc(Br)c(N=C(N)C2CC2)c1. The lowest BCUT2D eigenvalue weighted by molar-refractivity contribution is 1.15. The van der Waals surface area contributed by atoms with E-state index in [0.29, 0.717) is 5.92 Å². The van der Waals surface area contributed by atoms with E-state index in [1.54, 1.807) is 0 Å². The van der Waals surface area contributed by atoms with Crippen molar-refractivity contribution in [2.45, 2.75) is 19.8 Å². The molecule has 1 aliphatic carbocycles. The third-order valence-electron chi connectivity index (χ3n) is 2.35. The fraction of sp³-hybridized carbons (Fsp3) is 0.364. The van der Waals surface area contributed by atoms with Crippen LogP contribution in [0.2, 0.25) is 0 Å². The quantitative estimate of drug-likeness (QED) is 0.638. The lowest BCUT2D eigenvalue weighted by Crippen LogP contribution is -2.13. The fourth-order valence-electron chi connectivity index (χ4n) is 1.32. The average molecular weight is 253 g/mol. The Balaban J connectivity index is 2.30. The van der Waals surface area contributed by atoms with Crippen LogP contribution in [0.25, 0.3) is 0 Å². The summed E-state index contributed by atoms with van der Waals surface area (Å²) in [6.45, 7) is 2.05. The van der Waals surface area contributed by atoms with E-state index in [1.807, 2.05) is 12.1 Å². The first kappa shape index (κ1) is 9.71. The summed E-state index contributed by atoms with van der Waals surface area (Å²) in [6, 6.07) is 6.10. The predicted molar refractivity (Wildman–Crippen MR) is 62.9 cm³/mol. The number of nitrogens with two attached hydrogens (primary N) is 1. The van der Waals surface area contributed by atoms with Crippen molar-refractivity contribution in [1.82, 2.24) is 0 Å². The molecule has 3 heteroatoms. The van der Waals surface area contributed by atoms with Crippen molar-refractivity contribution in [1.29, 1.82) is 0 Å². The molecule has 0 aromatic heterocycles. The van der Waals surface area contributed by atoms with Gasteiger partial charge in [0.1, 0.15) is 5.84 Å². The van der Waals surface area contributed by atoms with Crippen LogP contribution in [-0.4, -0.2) is 5.84 Å².